The molecule has 0 N–H and O–H groups in total. The Hall–Kier alpha value is -2.86. The number of fused-ring (bicyclic) bond motifs is 1. The Labute approximate surface area is 171 Å². The molecule has 0 aromatic carbocycles. The lowest BCUT2D eigenvalue weighted by Crippen LogP contribution is -2.42. The lowest BCUT2D eigenvalue weighted by atomic mass is 10.0. The fraction of sp³-hybridized carbons (Fsp3) is 0.556. The number of nitrogens with zero attached hydrogens (tertiary/aromatic N) is 5. The van der Waals surface area contributed by atoms with Crippen molar-refractivity contribution in [2.75, 3.05) is 13.1 Å². The van der Waals surface area contributed by atoms with Crippen molar-refractivity contribution in [3.8, 4) is 0 Å². The molecule has 1 amide bonds. The minimum Gasteiger partial charge on any atom is -0.335 e. The standard InChI is InChI=1S/C18H17F6N5O2/c19-13-10(4-6-25-14(13)18(22,23)24)8-28-16(31)29-11(2-1-3-12(29)26-28)15(30)27-7-5-17(20,21)9-27/h4,6,11H,1-3,5,7-9H2. The number of amides is 1. The van der Waals surface area contributed by atoms with Crippen molar-refractivity contribution < 1.29 is 31.1 Å². The maximum Gasteiger partial charge on any atom is 0.436 e. The topological polar surface area (TPSA) is 73.0 Å². The van der Waals surface area contributed by atoms with Gasteiger partial charge in [-0.3, -0.25) is 9.36 Å². The van der Waals surface area contributed by atoms with Gasteiger partial charge in [-0.2, -0.15) is 18.3 Å². The van der Waals surface area contributed by atoms with E-state index in [9.17, 15) is 35.9 Å². The van der Waals surface area contributed by atoms with Crippen molar-refractivity contribution in [2.45, 2.75) is 50.4 Å². The summed E-state index contributed by atoms with van der Waals surface area (Å²) in [6.07, 6.45) is -3.67. The third kappa shape index (κ3) is 3.92. The van der Waals surface area contributed by atoms with Gasteiger partial charge in [0.15, 0.2) is 11.5 Å². The van der Waals surface area contributed by atoms with E-state index in [1.54, 1.807) is 0 Å². The lowest BCUT2D eigenvalue weighted by Gasteiger charge is -2.27. The summed E-state index contributed by atoms with van der Waals surface area (Å²) in [6, 6.07) is -0.0310. The zero-order valence-corrected chi connectivity index (χ0v) is 16.0. The van der Waals surface area contributed by atoms with Crippen LogP contribution in [0.5, 0.6) is 0 Å². The van der Waals surface area contributed by atoms with Crippen LogP contribution in [0.1, 0.15) is 42.4 Å². The molecule has 1 saturated heterocycles. The average Bonchev–Trinajstić information content (AvgIpc) is 3.21. The number of halogens is 6. The van der Waals surface area contributed by atoms with Gasteiger partial charge in [-0.15, -0.1) is 0 Å². The SMILES string of the molecule is O=C(C1CCCc2nn(Cc3ccnc(C(F)(F)F)c3F)c(=O)n21)N1CCC(F)(F)C1. The van der Waals surface area contributed by atoms with Gasteiger partial charge in [0.1, 0.15) is 11.9 Å². The number of carbonyl (C=O) groups excluding carboxylic acids is 1. The molecule has 2 aromatic heterocycles. The number of rotatable bonds is 3. The Morgan fingerprint density at radius 3 is 2.68 bits per heavy atom. The highest BCUT2D eigenvalue weighted by Crippen LogP contribution is 2.32. The van der Waals surface area contributed by atoms with Gasteiger partial charge in [0.2, 0.25) is 5.91 Å². The molecule has 1 fully saturated rings. The highest BCUT2D eigenvalue weighted by atomic mass is 19.4. The number of hydrogen-bond donors (Lipinski definition) is 0. The number of pyridine rings is 1. The van der Waals surface area contributed by atoms with Crippen LogP contribution in [0.15, 0.2) is 17.1 Å². The first-order valence-electron chi connectivity index (χ1n) is 9.53. The summed E-state index contributed by atoms with van der Waals surface area (Å²) in [7, 11) is 0. The molecule has 31 heavy (non-hydrogen) atoms. The summed E-state index contributed by atoms with van der Waals surface area (Å²) in [5.74, 6) is -5.03. The predicted molar refractivity (Wildman–Crippen MR) is 92.9 cm³/mol. The molecule has 1 unspecified atom stereocenters. The molecule has 0 saturated carbocycles. The van der Waals surface area contributed by atoms with E-state index in [0.29, 0.717) is 12.8 Å². The molecule has 1 atom stereocenters. The van der Waals surface area contributed by atoms with Crippen molar-refractivity contribution in [1.29, 1.82) is 0 Å². The number of carbonyl (C=O) groups is 1. The van der Waals surface area contributed by atoms with Gasteiger partial charge in [0, 0.05) is 31.1 Å². The van der Waals surface area contributed by atoms with E-state index in [4.69, 9.17) is 0 Å². The molecule has 7 nitrogen and oxygen atoms in total. The maximum absolute atomic E-state index is 14.3. The Kier molecular flexibility index (Phi) is 5.09. The monoisotopic (exact) mass is 449 g/mol. The molecular formula is C18H17F6N5O2. The largest absolute Gasteiger partial charge is 0.436 e. The Morgan fingerprint density at radius 1 is 1.29 bits per heavy atom. The van der Waals surface area contributed by atoms with Gasteiger partial charge >= 0.3 is 11.9 Å². The van der Waals surface area contributed by atoms with E-state index in [1.165, 1.54) is 0 Å². The highest BCUT2D eigenvalue weighted by molar-refractivity contribution is 5.81. The lowest BCUT2D eigenvalue weighted by molar-refractivity contribution is -0.143. The predicted octanol–water partition coefficient (Wildman–Crippen LogP) is 2.39. The van der Waals surface area contributed by atoms with E-state index in [1.807, 2.05) is 0 Å². The Bertz CT molecular complexity index is 1080. The minimum absolute atomic E-state index is 0.136. The van der Waals surface area contributed by atoms with Gasteiger partial charge in [-0.1, -0.05) is 0 Å². The van der Waals surface area contributed by atoms with Crippen LogP contribution in [0.3, 0.4) is 0 Å². The molecule has 0 spiro atoms. The first kappa shape index (κ1) is 21.4. The Balaban J connectivity index is 1.64. The van der Waals surface area contributed by atoms with Crippen molar-refractivity contribution in [3.63, 3.8) is 0 Å². The highest BCUT2D eigenvalue weighted by Gasteiger charge is 2.43. The Morgan fingerprint density at radius 2 is 2.03 bits per heavy atom. The van der Waals surface area contributed by atoms with Crippen LogP contribution in [0, 0.1) is 5.82 Å². The van der Waals surface area contributed by atoms with E-state index >= 15 is 0 Å². The van der Waals surface area contributed by atoms with Crippen LogP contribution in [0.4, 0.5) is 26.3 Å². The molecule has 0 bridgehead atoms. The number of alkyl halides is 5. The maximum atomic E-state index is 14.3. The van der Waals surface area contributed by atoms with E-state index in [2.05, 4.69) is 10.1 Å². The second kappa shape index (κ2) is 7.38. The minimum atomic E-state index is -5.01. The summed E-state index contributed by atoms with van der Waals surface area (Å²) in [4.78, 5) is 29.6. The van der Waals surface area contributed by atoms with Crippen molar-refractivity contribution in [3.05, 3.63) is 45.6 Å². The smallest absolute Gasteiger partial charge is 0.335 e. The first-order chi connectivity index (χ1) is 14.5. The van der Waals surface area contributed by atoms with Gasteiger partial charge in [0.25, 0.3) is 5.92 Å². The second-order valence-electron chi connectivity index (χ2n) is 7.63. The summed E-state index contributed by atoms with van der Waals surface area (Å²) in [5, 5.41) is 4.05. The number of aromatic nitrogens is 4. The third-order valence-corrected chi connectivity index (χ3v) is 5.45. The van der Waals surface area contributed by atoms with Gasteiger partial charge < -0.3 is 4.90 Å². The zero-order valence-electron chi connectivity index (χ0n) is 16.0. The summed E-state index contributed by atoms with van der Waals surface area (Å²) < 4.78 is 81.8. The molecule has 0 radical (unpaired) electrons. The van der Waals surface area contributed by atoms with Gasteiger partial charge in [-0.05, 0) is 18.9 Å². The molecule has 4 rings (SSSR count). The summed E-state index contributed by atoms with van der Waals surface area (Å²) in [6.45, 7) is -1.47. The fourth-order valence-electron chi connectivity index (χ4n) is 3.97. The van der Waals surface area contributed by atoms with Crippen molar-refractivity contribution in [2.24, 2.45) is 0 Å². The normalized spacial score (nSPS) is 20.7. The number of likely N-dealkylation sites (tertiary alicyclic amines) is 1. The van der Waals surface area contributed by atoms with Crippen LogP contribution in [-0.2, 0) is 23.9 Å². The molecule has 2 aromatic rings. The van der Waals surface area contributed by atoms with Gasteiger partial charge in [0.05, 0.1) is 13.1 Å². The van der Waals surface area contributed by atoms with Crippen molar-refractivity contribution in [1.82, 2.24) is 24.2 Å². The number of hydrogen-bond acceptors (Lipinski definition) is 4. The fourth-order valence-corrected chi connectivity index (χ4v) is 3.97. The third-order valence-electron chi connectivity index (χ3n) is 5.45. The van der Waals surface area contributed by atoms with Crippen LogP contribution < -0.4 is 5.69 Å². The molecule has 168 valence electrons. The molecule has 13 heteroatoms. The zero-order chi connectivity index (χ0) is 22.6. The molecule has 0 aliphatic carbocycles. The first-order valence-corrected chi connectivity index (χ1v) is 9.53. The molecular weight excluding hydrogens is 432 g/mol. The van der Waals surface area contributed by atoms with Gasteiger partial charge in [-0.25, -0.2) is 27.6 Å². The molecule has 2 aliphatic rings. The second-order valence-corrected chi connectivity index (χ2v) is 7.63. The van der Waals surface area contributed by atoms with E-state index in [0.717, 1.165) is 26.4 Å². The quantitative estimate of drug-likeness (QED) is 0.675. The summed E-state index contributed by atoms with van der Waals surface area (Å²) in [5.41, 5.74) is -2.96. The molecule has 4 heterocycles. The average molecular weight is 449 g/mol. The van der Waals surface area contributed by atoms with Crippen LogP contribution >= 0.6 is 0 Å². The van der Waals surface area contributed by atoms with Crippen LogP contribution in [0.25, 0.3) is 0 Å². The summed E-state index contributed by atoms with van der Waals surface area (Å²) >= 11 is 0. The van der Waals surface area contributed by atoms with Crippen LogP contribution in [0.2, 0.25) is 0 Å². The number of aryl methyl sites for hydroxylation is 1. The molecule has 2 aliphatic heterocycles. The van der Waals surface area contributed by atoms with E-state index < -0.39 is 66.3 Å². The van der Waals surface area contributed by atoms with Crippen LogP contribution in [-0.4, -0.2) is 49.2 Å². The van der Waals surface area contributed by atoms with E-state index in [-0.39, 0.29) is 18.8 Å². The van der Waals surface area contributed by atoms with Crippen molar-refractivity contribution >= 4 is 5.91 Å².